The van der Waals surface area contributed by atoms with Gasteiger partial charge in [0, 0.05) is 16.1 Å². The molecular formula is C19H24ClNS. The van der Waals surface area contributed by atoms with Crippen LogP contribution in [0.3, 0.4) is 0 Å². The van der Waals surface area contributed by atoms with Crippen molar-refractivity contribution in [3.8, 4) is 0 Å². The molecular weight excluding hydrogens is 310 g/mol. The largest absolute Gasteiger partial charge is 0.305 e. The summed E-state index contributed by atoms with van der Waals surface area (Å²) in [6, 6.07) is 9.43. The van der Waals surface area contributed by atoms with Crippen LogP contribution < -0.4 is 0 Å². The van der Waals surface area contributed by atoms with E-state index in [4.69, 9.17) is 0 Å². The summed E-state index contributed by atoms with van der Waals surface area (Å²) in [6.45, 7) is 3.34. The van der Waals surface area contributed by atoms with Crippen LogP contribution in [0, 0.1) is 18.8 Å². The van der Waals surface area contributed by atoms with Crippen molar-refractivity contribution in [2.75, 3.05) is 20.6 Å². The molecule has 0 saturated heterocycles. The lowest BCUT2D eigenvalue weighted by molar-refractivity contribution is 0.423. The molecule has 0 unspecified atom stereocenters. The molecule has 118 valence electrons. The first-order valence-corrected chi connectivity index (χ1v) is 8.81. The maximum absolute atomic E-state index is 2.44. The molecule has 1 aromatic heterocycles. The number of fused-ring (bicyclic) bond motifs is 3. The van der Waals surface area contributed by atoms with Gasteiger partial charge >= 0.3 is 0 Å². The van der Waals surface area contributed by atoms with Gasteiger partial charge in [-0.3, -0.25) is 0 Å². The zero-order chi connectivity index (χ0) is 14.6. The van der Waals surface area contributed by atoms with Crippen molar-refractivity contribution in [1.29, 1.82) is 0 Å². The first-order valence-electron chi connectivity index (χ1n) is 8.00. The Kier molecular flexibility index (Phi) is 4.37. The van der Waals surface area contributed by atoms with Gasteiger partial charge < -0.3 is 4.90 Å². The standard InChI is InChI=1S/C19H23NS.ClH/c1-12-8-14-5-7-16(10-18(14)21-12)19-15-6-4-13(9-15)17(19)11-20(2)3;/h5,7-8,10,13,15H,4,6,9,11H2,1-3H3;1H/t13-,15+;/m1./s1. The van der Waals surface area contributed by atoms with Crippen LogP contribution in [0.5, 0.6) is 0 Å². The van der Waals surface area contributed by atoms with E-state index >= 15 is 0 Å². The van der Waals surface area contributed by atoms with E-state index in [0.29, 0.717) is 0 Å². The average Bonchev–Trinajstić information content (AvgIpc) is 3.09. The van der Waals surface area contributed by atoms with Gasteiger partial charge in [-0.05, 0) is 86.3 Å². The Hall–Kier alpha value is -0.830. The summed E-state index contributed by atoms with van der Waals surface area (Å²) in [5.41, 5.74) is 4.91. The lowest BCUT2D eigenvalue weighted by Crippen LogP contribution is -2.19. The Labute approximate surface area is 143 Å². The van der Waals surface area contributed by atoms with E-state index in [1.807, 2.05) is 11.3 Å². The molecule has 22 heavy (non-hydrogen) atoms. The van der Waals surface area contributed by atoms with Gasteiger partial charge in [-0.25, -0.2) is 0 Å². The van der Waals surface area contributed by atoms with Crippen molar-refractivity contribution >= 4 is 39.4 Å². The van der Waals surface area contributed by atoms with Crippen molar-refractivity contribution in [3.63, 3.8) is 0 Å². The summed E-state index contributed by atoms with van der Waals surface area (Å²) in [4.78, 5) is 3.75. The summed E-state index contributed by atoms with van der Waals surface area (Å²) >= 11 is 1.93. The van der Waals surface area contributed by atoms with E-state index in [0.717, 1.165) is 18.4 Å². The Balaban J connectivity index is 0.00000144. The Bertz CT molecular complexity index is 728. The minimum atomic E-state index is 0. The molecule has 0 amide bonds. The average molecular weight is 334 g/mol. The number of allylic oxidation sites excluding steroid dienone is 1. The highest BCUT2D eigenvalue weighted by Crippen LogP contribution is 2.52. The molecule has 1 heterocycles. The number of hydrogen-bond acceptors (Lipinski definition) is 2. The molecule has 2 aliphatic rings. The van der Waals surface area contributed by atoms with E-state index in [1.165, 1.54) is 39.8 Å². The van der Waals surface area contributed by atoms with Crippen LogP contribution in [0.1, 0.15) is 29.7 Å². The maximum Gasteiger partial charge on any atom is 0.0351 e. The van der Waals surface area contributed by atoms with Gasteiger partial charge in [0.25, 0.3) is 0 Å². The second-order valence-corrected chi connectivity index (χ2v) is 8.28. The maximum atomic E-state index is 2.44. The first-order chi connectivity index (χ1) is 10.1. The fourth-order valence-electron chi connectivity index (χ4n) is 4.35. The molecule has 0 aliphatic heterocycles. The van der Waals surface area contributed by atoms with E-state index in [2.05, 4.69) is 50.2 Å². The Morgan fingerprint density at radius 3 is 2.68 bits per heavy atom. The van der Waals surface area contributed by atoms with Gasteiger partial charge in [0.05, 0.1) is 0 Å². The van der Waals surface area contributed by atoms with Crippen LogP contribution in [0.25, 0.3) is 15.7 Å². The SMILES string of the molecule is Cc1cc2ccc(C3=C(CN(C)C)[C@@H]4CC[C@H]3C4)cc2s1.Cl. The third-order valence-electron chi connectivity index (χ3n) is 5.12. The molecule has 3 heteroatoms. The molecule has 0 radical (unpaired) electrons. The molecule has 2 aliphatic carbocycles. The van der Waals surface area contributed by atoms with Crippen molar-refractivity contribution < 1.29 is 0 Å². The number of likely N-dealkylation sites (N-methyl/N-ethyl adjacent to an activating group) is 1. The van der Waals surface area contributed by atoms with Crippen LogP contribution in [0.15, 0.2) is 29.8 Å². The number of thiophene rings is 1. The smallest absolute Gasteiger partial charge is 0.0351 e. The second-order valence-electron chi connectivity index (χ2n) is 6.99. The van der Waals surface area contributed by atoms with Crippen molar-refractivity contribution in [1.82, 2.24) is 4.90 Å². The summed E-state index contributed by atoms with van der Waals surface area (Å²) in [5, 5.41) is 1.40. The lowest BCUT2D eigenvalue weighted by atomic mass is 9.87. The van der Waals surface area contributed by atoms with Crippen molar-refractivity contribution in [2.24, 2.45) is 11.8 Å². The normalized spacial score (nSPS) is 23.6. The van der Waals surface area contributed by atoms with Crippen molar-refractivity contribution in [2.45, 2.75) is 26.2 Å². The topological polar surface area (TPSA) is 3.24 Å². The van der Waals surface area contributed by atoms with Crippen molar-refractivity contribution in [3.05, 3.63) is 40.3 Å². The lowest BCUT2D eigenvalue weighted by Gasteiger charge is -2.23. The van der Waals surface area contributed by atoms with Crippen LogP contribution in [-0.4, -0.2) is 25.5 Å². The molecule has 2 atom stereocenters. The molecule has 1 fully saturated rings. The molecule has 1 aromatic carbocycles. The van der Waals surface area contributed by atoms with Crippen LogP contribution in [0.2, 0.25) is 0 Å². The van der Waals surface area contributed by atoms with Gasteiger partial charge in [0.1, 0.15) is 0 Å². The number of halogens is 1. The molecule has 0 N–H and O–H groups in total. The quantitative estimate of drug-likeness (QED) is 0.729. The Morgan fingerprint density at radius 1 is 1.14 bits per heavy atom. The Morgan fingerprint density at radius 2 is 1.91 bits per heavy atom. The monoisotopic (exact) mass is 333 g/mol. The van der Waals surface area contributed by atoms with Crippen LogP contribution in [-0.2, 0) is 0 Å². The number of nitrogens with zero attached hydrogens (tertiary/aromatic N) is 1. The van der Waals surface area contributed by atoms with Gasteiger partial charge in [-0.2, -0.15) is 0 Å². The molecule has 0 spiro atoms. The highest BCUT2D eigenvalue weighted by molar-refractivity contribution is 7.19. The fraction of sp³-hybridized carbons (Fsp3) is 0.474. The summed E-state index contributed by atoms with van der Waals surface area (Å²) in [6.07, 6.45) is 4.22. The van der Waals surface area contributed by atoms with Gasteiger partial charge in [-0.1, -0.05) is 12.1 Å². The van der Waals surface area contributed by atoms with Crippen LogP contribution in [0.4, 0.5) is 0 Å². The summed E-state index contributed by atoms with van der Waals surface area (Å²) in [5.74, 6) is 1.68. The van der Waals surface area contributed by atoms with E-state index in [-0.39, 0.29) is 12.4 Å². The van der Waals surface area contributed by atoms with E-state index in [9.17, 15) is 0 Å². The summed E-state index contributed by atoms with van der Waals surface area (Å²) < 4.78 is 1.45. The third kappa shape index (κ3) is 2.62. The van der Waals surface area contributed by atoms with Gasteiger partial charge in [-0.15, -0.1) is 23.7 Å². The minimum Gasteiger partial charge on any atom is -0.305 e. The van der Waals surface area contributed by atoms with Gasteiger partial charge in [0.2, 0.25) is 0 Å². The van der Waals surface area contributed by atoms with Crippen LogP contribution >= 0.6 is 23.7 Å². The highest BCUT2D eigenvalue weighted by atomic mass is 35.5. The zero-order valence-corrected chi connectivity index (χ0v) is 15.2. The highest BCUT2D eigenvalue weighted by Gasteiger charge is 2.39. The second kappa shape index (κ2) is 5.99. The zero-order valence-electron chi connectivity index (χ0n) is 13.6. The third-order valence-corrected chi connectivity index (χ3v) is 6.13. The first kappa shape index (κ1) is 16.0. The molecule has 4 rings (SSSR count). The van der Waals surface area contributed by atoms with E-state index < -0.39 is 0 Å². The summed E-state index contributed by atoms with van der Waals surface area (Å²) in [7, 11) is 4.39. The fourth-order valence-corrected chi connectivity index (χ4v) is 5.31. The predicted molar refractivity (Wildman–Crippen MR) is 100 cm³/mol. The number of benzene rings is 1. The number of hydrogen-bond donors (Lipinski definition) is 0. The molecule has 1 nitrogen and oxygen atoms in total. The molecule has 2 aromatic rings. The molecule has 1 saturated carbocycles. The number of rotatable bonds is 3. The van der Waals surface area contributed by atoms with Gasteiger partial charge in [0.15, 0.2) is 0 Å². The van der Waals surface area contributed by atoms with E-state index in [1.54, 1.807) is 11.1 Å². The minimum absolute atomic E-state index is 0. The predicted octanol–water partition coefficient (Wildman–Crippen LogP) is 5.38. The number of aryl methyl sites for hydroxylation is 1. The molecule has 2 bridgehead atoms.